The highest BCUT2D eigenvalue weighted by Gasteiger charge is 2.36. The Labute approximate surface area is 208 Å². The van der Waals surface area contributed by atoms with Gasteiger partial charge < -0.3 is 19.5 Å². The fourth-order valence-corrected chi connectivity index (χ4v) is 5.35. The van der Waals surface area contributed by atoms with Crippen LogP contribution in [0.5, 0.6) is 17.2 Å². The number of amides is 2. The molecule has 1 saturated carbocycles. The standard InChI is InChI=1S/C27H28N2O5S/c1-32-21-10-5-7-18(15-21)25(26(30)28-19-8-3-2-4-9-19)29(27(31)24-11-6-14-35-24)20-12-13-22-23(16-20)34-17-33-22/h5-7,10-16,19,25H,2-4,8-9,17H2,1H3,(H,28,30)/t25-/m1/s1. The van der Waals surface area contributed by atoms with Crippen molar-refractivity contribution in [3.05, 3.63) is 70.4 Å². The minimum atomic E-state index is -0.901. The maximum atomic E-state index is 13.9. The Morgan fingerprint density at radius 3 is 2.63 bits per heavy atom. The van der Waals surface area contributed by atoms with Crippen molar-refractivity contribution in [2.45, 2.75) is 44.2 Å². The third kappa shape index (κ3) is 4.98. The second-order valence-electron chi connectivity index (χ2n) is 8.71. The number of nitrogens with one attached hydrogen (secondary N) is 1. The molecule has 5 rings (SSSR count). The summed E-state index contributed by atoms with van der Waals surface area (Å²) in [5, 5.41) is 5.09. The molecular weight excluding hydrogens is 464 g/mol. The first-order chi connectivity index (χ1) is 17.1. The molecule has 1 aromatic heterocycles. The van der Waals surface area contributed by atoms with Crippen LogP contribution in [0.15, 0.2) is 60.0 Å². The summed E-state index contributed by atoms with van der Waals surface area (Å²) in [5.74, 6) is 1.30. The number of rotatable bonds is 7. The number of hydrogen-bond donors (Lipinski definition) is 1. The number of methoxy groups -OCH3 is 1. The largest absolute Gasteiger partial charge is 0.497 e. The van der Waals surface area contributed by atoms with Gasteiger partial charge in [0.2, 0.25) is 12.7 Å². The molecule has 0 saturated heterocycles. The van der Waals surface area contributed by atoms with E-state index in [1.165, 1.54) is 17.8 Å². The molecule has 2 amide bonds. The summed E-state index contributed by atoms with van der Waals surface area (Å²) in [5.41, 5.74) is 1.22. The van der Waals surface area contributed by atoms with Gasteiger partial charge in [0.1, 0.15) is 11.8 Å². The van der Waals surface area contributed by atoms with Crippen molar-refractivity contribution in [1.29, 1.82) is 0 Å². The fraction of sp³-hybridized carbons (Fsp3) is 0.333. The fourth-order valence-electron chi connectivity index (χ4n) is 4.69. The van der Waals surface area contributed by atoms with Gasteiger partial charge in [0, 0.05) is 17.8 Å². The summed E-state index contributed by atoms with van der Waals surface area (Å²) >= 11 is 1.34. The molecule has 1 atom stereocenters. The molecule has 1 aliphatic heterocycles. The lowest BCUT2D eigenvalue weighted by Crippen LogP contribution is -2.47. The number of hydrogen-bond acceptors (Lipinski definition) is 6. The van der Waals surface area contributed by atoms with Gasteiger partial charge in [-0.05, 0) is 54.1 Å². The van der Waals surface area contributed by atoms with Gasteiger partial charge in [-0.15, -0.1) is 11.3 Å². The van der Waals surface area contributed by atoms with Crippen LogP contribution >= 0.6 is 11.3 Å². The lowest BCUT2D eigenvalue weighted by Gasteiger charge is -2.33. The van der Waals surface area contributed by atoms with E-state index < -0.39 is 6.04 Å². The summed E-state index contributed by atoms with van der Waals surface area (Å²) in [7, 11) is 1.59. The number of benzene rings is 2. The van der Waals surface area contributed by atoms with Gasteiger partial charge in [-0.3, -0.25) is 14.5 Å². The summed E-state index contributed by atoms with van der Waals surface area (Å²) in [4.78, 5) is 30.0. The second-order valence-corrected chi connectivity index (χ2v) is 9.66. The molecule has 0 spiro atoms. The average Bonchev–Trinajstić information content (AvgIpc) is 3.59. The van der Waals surface area contributed by atoms with Crippen LogP contribution in [-0.4, -0.2) is 31.8 Å². The first-order valence-electron chi connectivity index (χ1n) is 11.8. The first-order valence-corrected chi connectivity index (χ1v) is 12.7. The Hall–Kier alpha value is -3.52. The predicted molar refractivity (Wildman–Crippen MR) is 134 cm³/mol. The van der Waals surface area contributed by atoms with E-state index in [1.54, 1.807) is 36.3 Å². The van der Waals surface area contributed by atoms with Crippen molar-refractivity contribution in [2.75, 3.05) is 18.8 Å². The molecule has 8 heteroatoms. The number of fused-ring (bicyclic) bond motifs is 1. The molecule has 2 heterocycles. The van der Waals surface area contributed by atoms with Crippen LogP contribution in [0, 0.1) is 0 Å². The van der Waals surface area contributed by atoms with Gasteiger partial charge in [0.25, 0.3) is 5.91 Å². The molecule has 2 aromatic carbocycles. The third-order valence-electron chi connectivity index (χ3n) is 6.45. The van der Waals surface area contributed by atoms with Crippen LogP contribution < -0.4 is 24.4 Å². The quantitative estimate of drug-likeness (QED) is 0.483. The molecule has 1 fully saturated rings. The van der Waals surface area contributed by atoms with Crippen molar-refractivity contribution in [1.82, 2.24) is 5.32 Å². The van der Waals surface area contributed by atoms with Crippen molar-refractivity contribution < 1.29 is 23.8 Å². The number of nitrogens with zero attached hydrogens (tertiary/aromatic N) is 1. The average molecular weight is 493 g/mol. The van der Waals surface area contributed by atoms with Gasteiger partial charge in [-0.1, -0.05) is 37.5 Å². The number of thiophene rings is 1. The normalized spacial score (nSPS) is 15.9. The van der Waals surface area contributed by atoms with E-state index in [-0.39, 0.29) is 24.6 Å². The van der Waals surface area contributed by atoms with E-state index in [1.807, 2.05) is 35.7 Å². The molecule has 2 aliphatic rings. The summed E-state index contributed by atoms with van der Waals surface area (Å²) in [6.07, 6.45) is 5.26. The Bertz CT molecular complexity index is 1190. The molecule has 0 radical (unpaired) electrons. The Balaban J connectivity index is 1.60. The zero-order valence-corrected chi connectivity index (χ0v) is 20.4. The van der Waals surface area contributed by atoms with Crippen molar-refractivity contribution in [3.63, 3.8) is 0 Å². The number of carbonyl (C=O) groups is 2. The van der Waals surface area contributed by atoms with Gasteiger partial charge >= 0.3 is 0 Å². The molecule has 0 unspecified atom stereocenters. The van der Waals surface area contributed by atoms with Crippen molar-refractivity contribution >= 4 is 28.8 Å². The van der Waals surface area contributed by atoms with Gasteiger partial charge in [-0.2, -0.15) is 0 Å². The van der Waals surface area contributed by atoms with Gasteiger partial charge in [-0.25, -0.2) is 0 Å². The monoisotopic (exact) mass is 492 g/mol. The van der Waals surface area contributed by atoms with Crippen LogP contribution in [0.3, 0.4) is 0 Å². The predicted octanol–water partition coefficient (Wildman–Crippen LogP) is 5.32. The van der Waals surface area contributed by atoms with Crippen molar-refractivity contribution in [2.24, 2.45) is 0 Å². The maximum absolute atomic E-state index is 13.9. The van der Waals surface area contributed by atoms with Crippen LogP contribution in [0.1, 0.15) is 53.4 Å². The molecule has 0 bridgehead atoms. The molecule has 35 heavy (non-hydrogen) atoms. The smallest absolute Gasteiger partial charge is 0.269 e. The van der Waals surface area contributed by atoms with Gasteiger partial charge in [0.15, 0.2) is 11.5 Å². The highest BCUT2D eigenvalue weighted by molar-refractivity contribution is 7.12. The summed E-state index contributed by atoms with van der Waals surface area (Å²) in [6.45, 7) is 0.124. The zero-order valence-electron chi connectivity index (χ0n) is 19.6. The van der Waals surface area contributed by atoms with E-state index in [2.05, 4.69) is 5.32 Å². The lowest BCUT2D eigenvalue weighted by atomic mass is 9.94. The Morgan fingerprint density at radius 1 is 1.03 bits per heavy atom. The molecular formula is C27H28N2O5S. The zero-order chi connectivity index (χ0) is 24.2. The molecule has 7 nitrogen and oxygen atoms in total. The minimum absolute atomic E-state index is 0.0970. The van der Waals surface area contributed by atoms with Gasteiger partial charge in [0.05, 0.1) is 12.0 Å². The topological polar surface area (TPSA) is 77.1 Å². The molecule has 182 valence electrons. The van der Waals surface area contributed by atoms with E-state index >= 15 is 0 Å². The van der Waals surface area contributed by atoms with E-state index in [4.69, 9.17) is 14.2 Å². The second kappa shape index (κ2) is 10.4. The summed E-state index contributed by atoms with van der Waals surface area (Å²) < 4.78 is 16.5. The highest BCUT2D eigenvalue weighted by atomic mass is 32.1. The molecule has 1 N–H and O–H groups in total. The number of anilines is 1. The van der Waals surface area contributed by atoms with Crippen LogP contribution in [0.2, 0.25) is 0 Å². The van der Waals surface area contributed by atoms with Crippen LogP contribution in [-0.2, 0) is 4.79 Å². The lowest BCUT2D eigenvalue weighted by molar-refractivity contribution is -0.123. The number of ether oxygens (including phenoxy) is 3. The molecule has 1 aliphatic carbocycles. The SMILES string of the molecule is COc1cccc([C@H](C(=O)NC2CCCCC2)N(C(=O)c2cccs2)c2ccc3c(c2)OCO3)c1. The van der Waals surface area contributed by atoms with E-state index in [0.29, 0.717) is 33.4 Å². The Kier molecular flexibility index (Phi) is 6.90. The Morgan fingerprint density at radius 2 is 1.86 bits per heavy atom. The molecule has 3 aromatic rings. The van der Waals surface area contributed by atoms with Crippen LogP contribution in [0.25, 0.3) is 0 Å². The first kappa shape index (κ1) is 23.2. The summed E-state index contributed by atoms with van der Waals surface area (Å²) in [6, 6.07) is 15.5. The maximum Gasteiger partial charge on any atom is 0.269 e. The number of carbonyl (C=O) groups excluding carboxylic acids is 2. The van der Waals surface area contributed by atoms with Crippen LogP contribution in [0.4, 0.5) is 5.69 Å². The highest BCUT2D eigenvalue weighted by Crippen LogP contribution is 2.39. The van der Waals surface area contributed by atoms with Crippen molar-refractivity contribution in [3.8, 4) is 17.2 Å². The van der Waals surface area contributed by atoms with E-state index in [0.717, 1.165) is 25.7 Å². The van der Waals surface area contributed by atoms with E-state index in [9.17, 15) is 9.59 Å². The third-order valence-corrected chi connectivity index (χ3v) is 7.31. The minimum Gasteiger partial charge on any atom is -0.497 e.